The van der Waals surface area contributed by atoms with Gasteiger partial charge in [-0.05, 0) is 71.0 Å². The number of carbonyl (C=O) groups excluding carboxylic acids is 1. The fourth-order valence-electron chi connectivity index (χ4n) is 1.92. The molecule has 5 nitrogen and oxygen atoms in total. The lowest BCUT2D eigenvalue weighted by Crippen LogP contribution is -2.25. The van der Waals surface area contributed by atoms with Crippen molar-refractivity contribution in [3.8, 4) is 5.75 Å². The molecule has 0 unspecified atom stereocenters. The molecule has 120 valence electrons. The number of amides is 1. The number of halogens is 1. The average molecular weight is 423 g/mol. The molecule has 0 saturated carbocycles. The Hall–Kier alpha value is -2.09. The summed E-state index contributed by atoms with van der Waals surface area (Å²) in [5, 5.41) is 7.01. The zero-order valence-corrected chi connectivity index (χ0v) is 15.1. The number of hydrogen-bond acceptors (Lipinski definition) is 4. The SMILES string of the molecule is COc1ccc(/C=N\NC(=O)CNc2cccc(C)c2)cc1I. The molecule has 23 heavy (non-hydrogen) atoms. The van der Waals surface area contributed by atoms with Crippen molar-refractivity contribution in [1.82, 2.24) is 5.43 Å². The molecule has 2 aromatic carbocycles. The highest BCUT2D eigenvalue weighted by Crippen LogP contribution is 2.20. The summed E-state index contributed by atoms with van der Waals surface area (Å²) in [5.74, 6) is 0.611. The first-order valence-corrected chi connectivity index (χ1v) is 8.12. The highest BCUT2D eigenvalue weighted by molar-refractivity contribution is 14.1. The number of carbonyl (C=O) groups is 1. The summed E-state index contributed by atoms with van der Waals surface area (Å²) >= 11 is 2.19. The predicted octanol–water partition coefficient (Wildman–Crippen LogP) is 3.17. The predicted molar refractivity (Wildman–Crippen MR) is 101 cm³/mol. The topological polar surface area (TPSA) is 62.7 Å². The standard InChI is InChI=1S/C17H18IN3O2/c1-12-4-3-5-14(8-12)19-11-17(22)21-20-10-13-6-7-16(23-2)15(18)9-13/h3-10,19H,11H2,1-2H3,(H,21,22)/b20-10-. The smallest absolute Gasteiger partial charge is 0.259 e. The van der Waals surface area contributed by atoms with E-state index in [0.717, 1.165) is 26.1 Å². The molecule has 2 rings (SSSR count). The van der Waals surface area contributed by atoms with Crippen molar-refractivity contribution < 1.29 is 9.53 Å². The number of hydrogen-bond donors (Lipinski definition) is 2. The molecule has 0 aliphatic carbocycles. The molecule has 0 atom stereocenters. The number of nitrogens with one attached hydrogen (secondary N) is 2. The molecule has 0 radical (unpaired) electrons. The molecule has 6 heteroatoms. The van der Waals surface area contributed by atoms with Crippen LogP contribution in [0.25, 0.3) is 0 Å². The second-order valence-electron chi connectivity index (χ2n) is 4.91. The third kappa shape index (κ3) is 5.55. The number of anilines is 1. The van der Waals surface area contributed by atoms with Crippen molar-refractivity contribution in [3.63, 3.8) is 0 Å². The monoisotopic (exact) mass is 423 g/mol. The number of methoxy groups -OCH3 is 1. The van der Waals surface area contributed by atoms with Crippen molar-refractivity contribution in [3.05, 3.63) is 57.2 Å². The largest absolute Gasteiger partial charge is 0.496 e. The van der Waals surface area contributed by atoms with Gasteiger partial charge in [-0.1, -0.05) is 12.1 Å². The van der Waals surface area contributed by atoms with E-state index in [1.54, 1.807) is 13.3 Å². The summed E-state index contributed by atoms with van der Waals surface area (Å²) in [4.78, 5) is 11.8. The van der Waals surface area contributed by atoms with Gasteiger partial charge >= 0.3 is 0 Å². The average Bonchev–Trinajstić information content (AvgIpc) is 2.53. The Morgan fingerprint density at radius 3 is 2.83 bits per heavy atom. The first-order valence-electron chi connectivity index (χ1n) is 7.04. The molecule has 0 bridgehead atoms. The van der Waals surface area contributed by atoms with Crippen molar-refractivity contribution in [2.24, 2.45) is 5.10 Å². The first kappa shape index (κ1) is 17.3. The van der Waals surface area contributed by atoms with Crippen LogP contribution in [-0.2, 0) is 4.79 Å². The van der Waals surface area contributed by atoms with Crippen LogP contribution in [0.4, 0.5) is 5.69 Å². The number of rotatable bonds is 6. The minimum atomic E-state index is -0.203. The summed E-state index contributed by atoms with van der Waals surface area (Å²) in [6, 6.07) is 13.5. The van der Waals surface area contributed by atoms with E-state index >= 15 is 0 Å². The molecular weight excluding hydrogens is 405 g/mol. The van der Waals surface area contributed by atoms with Crippen LogP contribution in [0.5, 0.6) is 5.75 Å². The van der Waals surface area contributed by atoms with Gasteiger partial charge in [-0.3, -0.25) is 4.79 Å². The van der Waals surface area contributed by atoms with Crippen LogP contribution in [0, 0.1) is 10.5 Å². The molecule has 0 aliphatic rings. The molecule has 2 N–H and O–H groups in total. The second-order valence-corrected chi connectivity index (χ2v) is 6.07. The maximum atomic E-state index is 11.8. The van der Waals surface area contributed by atoms with E-state index in [1.807, 2.05) is 49.4 Å². The lowest BCUT2D eigenvalue weighted by molar-refractivity contribution is -0.119. The highest BCUT2D eigenvalue weighted by atomic mass is 127. The molecule has 0 saturated heterocycles. The Balaban J connectivity index is 1.83. The number of benzene rings is 2. The van der Waals surface area contributed by atoms with E-state index in [9.17, 15) is 4.79 Å². The van der Waals surface area contributed by atoms with Gasteiger partial charge in [-0.15, -0.1) is 0 Å². The second kappa shape index (κ2) is 8.52. The van der Waals surface area contributed by atoms with Crippen LogP contribution in [-0.4, -0.2) is 25.8 Å². The molecular formula is C17H18IN3O2. The molecule has 0 spiro atoms. The number of nitrogens with zero attached hydrogens (tertiary/aromatic N) is 1. The van der Waals surface area contributed by atoms with E-state index in [4.69, 9.17) is 4.74 Å². The van der Waals surface area contributed by atoms with Gasteiger partial charge in [0.2, 0.25) is 0 Å². The van der Waals surface area contributed by atoms with Crippen LogP contribution in [0.1, 0.15) is 11.1 Å². The summed E-state index contributed by atoms with van der Waals surface area (Å²) in [6.45, 7) is 2.17. The Morgan fingerprint density at radius 2 is 2.13 bits per heavy atom. The minimum absolute atomic E-state index is 0.168. The van der Waals surface area contributed by atoms with Gasteiger partial charge in [0.05, 0.1) is 23.4 Å². The normalized spacial score (nSPS) is 10.6. The van der Waals surface area contributed by atoms with Crippen LogP contribution >= 0.6 is 22.6 Å². The van der Waals surface area contributed by atoms with Crippen molar-refractivity contribution in [2.75, 3.05) is 19.0 Å². The van der Waals surface area contributed by atoms with Crippen LogP contribution in [0.15, 0.2) is 47.6 Å². The fraction of sp³-hybridized carbons (Fsp3) is 0.176. The summed E-state index contributed by atoms with van der Waals surface area (Å²) in [5.41, 5.74) is 5.44. The Bertz CT molecular complexity index is 717. The van der Waals surface area contributed by atoms with E-state index in [-0.39, 0.29) is 12.5 Å². The fourth-order valence-corrected chi connectivity index (χ4v) is 2.68. The van der Waals surface area contributed by atoms with Crippen molar-refractivity contribution in [1.29, 1.82) is 0 Å². The van der Waals surface area contributed by atoms with Gasteiger partial charge in [0, 0.05) is 5.69 Å². The Labute approximate surface area is 149 Å². The maximum Gasteiger partial charge on any atom is 0.259 e. The van der Waals surface area contributed by atoms with Crippen LogP contribution in [0.2, 0.25) is 0 Å². The van der Waals surface area contributed by atoms with Gasteiger partial charge in [0.25, 0.3) is 5.91 Å². The molecule has 0 fully saturated rings. The quantitative estimate of drug-likeness (QED) is 0.426. The maximum absolute atomic E-state index is 11.8. The van der Waals surface area contributed by atoms with Crippen LogP contribution in [0.3, 0.4) is 0 Å². The molecule has 2 aromatic rings. The lowest BCUT2D eigenvalue weighted by atomic mass is 10.2. The number of aryl methyl sites for hydroxylation is 1. The molecule has 0 aromatic heterocycles. The van der Waals surface area contributed by atoms with Crippen molar-refractivity contribution >= 4 is 40.4 Å². The van der Waals surface area contributed by atoms with E-state index in [0.29, 0.717) is 0 Å². The Morgan fingerprint density at radius 1 is 1.30 bits per heavy atom. The van der Waals surface area contributed by atoms with Crippen molar-refractivity contribution in [2.45, 2.75) is 6.92 Å². The van der Waals surface area contributed by atoms with Gasteiger partial charge < -0.3 is 10.1 Å². The highest BCUT2D eigenvalue weighted by Gasteiger charge is 2.01. The number of ether oxygens (including phenoxy) is 1. The van der Waals surface area contributed by atoms with E-state index < -0.39 is 0 Å². The lowest BCUT2D eigenvalue weighted by Gasteiger charge is -2.06. The van der Waals surface area contributed by atoms with Crippen LogP contribution < -0.4 is 15.5 Å². The summed E-state index contributed by atoms with van der Waals surface area (Å²) in [7, 11) is 1.63. The summed E-state index contributed by atoms with van der Waals surface area (Å²) < 4.78 is 6.18. The third-order valence-corrected chi connectivity index (χ3v) is 3.89. The van der Waals surface area contributed by atoms with E-state index in [2.05, 4.69) is 38.4 Å². The summed E-state index contributed by atoms with van der Waals surface area (Å²) in [6.07, 6.45) is 1.60. The number of hydrazone groups is 1. The van der Waals surface area contributed by atoms with Gasteiger partial charge in [0.1, 0.15) is 5.75 Å². The van der Waals surface area contributed by atoms with Gasteiger partial charge in [-0.25, -0.2) is 5.43 Å². The third-order valence-electron chi connectivity index (χ3n) is 3.05. The molecule has 0 heterocycles. The molecule has 0 aliphatic heterocycles. The zero-order valence-electron chi connectivity index (χ0n) is 13.0. The van der Waals surface area contributed by atoms with Gasteiger partial charge in [-0.2, -0.15) is 5.10 Å². The zero-order chi connectivity index (χ0) is 16.7. The Kier molecular flexibility index (Phi) is 6.40. The molecule has 1 amide bonds. The first-order chi connectivity index (χ1) is 11.1. The van der Waals surface area contributed by atoms with Gasteiger partial charge in [0.15, 0.2) is 0 Å². The minimum Gasteiger partial charge on any atom is -0.496 e. The van der Waals surface area contributed by atoms with E-state index in [1.165, 1.54) is 0 Å².